The van der Waals surface area contributed by atoms with Crippen LogP contribution in [0.15, 0.2) is 30.3 Å². The van der Waals surface area contributed by atoms with Crippen LogP contribution in [0, 0.1) is 0 Å². The molecule has 0 aliphatic rings. The van der Waals surface area contributed by atoms with Crippen molar-refractivity contribution >= 4 is 22.4 Å². The van der Waals surface area contributed by atoms with Gasteiger partial charge < -0.3 is 9.47 Å². The summed E-state index contributed by atoms with van der Waals surface area (Å²) < 4.78 is 10.3. The van der Waals surface area contributed by atoms with Crippen LogP contribution in [0.4, 0.5) is 0 Å². The standard InChI is InChI=1S/C12H11ClO2/c1-14-10-4-3-8-7-12(15-2)11(13)6-9(8)5-10/h3-7H,1-2H3. The Balaban J connectivity index is 2.65. The SMILES string of the molecule is COc1ccc2cc(OC)c(Cl)cc2c1. The molecule has 0 atom stereocenters. The summed E-state index contributed by atoms with van der Waals surface area (Å²) in [5.41, 5.74) is 0. The lowest BCUT2D eigenvalue weighted by molar-refractivity contribution is 0.414. The van der Waals surface area contributed by atoms with Crippen molar-refractivity contribution in [3.05, 3.63) is 35.4 Å². The maximum Gasteiger partial charge on any atom is 0.138 e. The van der Waals surface area contributed by atoms with E-state index in [2.05, 4.69) is 0 Å². The van der Waals surface area contributed by atoms with E-state index >= 15 is 0 Å². The molecular weight excluding hydrogens is 212 g/mol. The van der Waals surface area contributed by atoms with Gasteiger partial charge in [-0.2, -0.15) is 0 Å². The molecule has 0 amide bonds. The largest absolute Gasteiger partial charge is 0.497 e. The molecule has 2 aromatic carbocycles. The van der Waals surface area contributed by atoms with Crippen LogP contribution in [0.1, 0.15) is 0 Å². The zero-order valence-corrected chi connectivity index (χ0v) is 9.34. The summed E-state index contributed by atoms with van der Waals surface area (Å²) in [4.78, 5) is 0. The molecule has 78 valence electrons. The van der Waals surface area contributed by atoms with Crippen molar-refractivity contribution in [1.29, 1.82) is 0 Å². The first-order valence-electron chi connectivity index (χ1n) is 4.56. The van der Waals surface area contributed by atoms with Crippen LogP contribution in [0.3, 0.4) is 0 Å². The topological polar surface area (TPSA) is 18.5 Å². The van der Waals surface area contributed by atoms with Crippen LogP contribution in [-0.4, -0.2) is 14.2 Å². The average Bonchev–Trinajstić information content (AvgIpc) is 2.27. The fourth-order valence-electron chi connectivity index (χ4n) is 1.51. The van der Waals surface area contributed by atoms with E-state index in [1.807, 2.05) is 30.3 Å². The van der Waals surface area contributed by atoms with Gasteiger partial charge in [0, 0.05) is 0 Å². The minimum Gasteiger partial charge on any atom is -0.497 e. The predicted octanol–water partition coefficient (Wildman–Crippen LogP) is 3.51. The second kappa shape index (κ2) is 3.99. The van der Waals surface area contributed by atoms with Gasteiger partial charge in [-0.3, -0.25) is 0 Å². The second-order valence-corrected chi connectivity index (χ2v) is 3.61. The van der Waals surface area contributed by atoms with Crippen molar-refractivity contribution in [2.45, 2.75) is 0 Å². The summed E-state index contributed by atoms with van der Waals surface area (Å²) in [7, 11) is 3.25. The van der Waals surface area contributed by atoms with E-state index in [1.165, 1.54) is 0 Å². The summed E-state index contributed by atoms with van der Waals surface area (Å²) in [5.74, 6) is 1.51. The Hall–Kier alpha value is -1.41. The van der Waals surface area contributed by atoms with Gasteiger partial charge in [0.1, 0.15) is 11.5 Å². The molecule has 0 aliphatic carbocycles. The van der Waals surface area contributed by atoms with Gasteiger partial charge in [0.25, 0.3) is 0 Å². The van der Waals surface area contributed by atoms with Gasteiger partial charge in [0.15, 0.2) is 0 Å². The van der Waals surface area contributed by atoms with E-state index in [4.69, 9.17) is 21.1 Å². The highest BCUT2D eigenvalue weighted by atomic mass is 35.5. The summed E-state index contributed by atoms with van der Waals surface area (Å²) >= 11 is 6.03. The fourth-order valence-corrected chi connectivity index (χ4v) is 1.76. The molecular formula is C12H11ClO2. The van der Waals surface area contributed by atoms with Gasteiger partial charge in [0.05, 0.1) is 19.2 Å². The number of rotatable bonds is 2. The molecule has 0 bridgehead atoms. The predicted molar refractivity (Wildman–Crippen MR) is 62.1 cm³/mol. The quantitative estimate of drug-likeness (QED) is 0.774. The normalized spacial score (nSPS) is 10.3. The highest BCUT2D eigenvalue weighted by molar-refractivity contribution is 6.32. The Morgan fingerprint density at radius 3 is 2.40 bits per heavy atom. The number of ether oxygens (including phenoxy) is 2. The van der Waals surface area contributed by atoms with Gasteiger partial charge in [0.2, 0.25) is 0 Å². The molecule has 0 aromatic heterocycles. The molecule has 15 heavy (non-hydrogen) atoms. The Kier molecular flexibility index (Phi) is 2.69. The highest BCUT2D eigenvalue weighted by Crippen LogP contribution is 2.31. The zero-order chi connectivity index (χ0) is 10.8. The van der Waals surface area contributed by atoms with E-state index in [1.54, 1.807) is 14.2 Å². The maximum absolute atomic E-state index is 6.03. The second-order valence-electron chi connectivity index (χ2n) is 3.20. The Bertz CT molecular complexity index is 494. The molecule has 2 nitrogen and oxygen atoms in total. The summed E-state index contributed by atoms with van der Waals surface area (Å²) in [6, 6.07) is 9.62. The Morgan fingerprint density at radius 1 is 0.933 bits per heavy atom. The van der Waals surface area contributed by atoms with Gasteiger partial charge in [-0.05, 0) is 35.0 Å². The number of fused-ring (bicyclic) bond motifs is 1. The minimum atomic E-state index is 0.609. The Labute approximate surface area is 93.4 Å². The molecule has 0 radical (unpaired) electrons. The van der Waals surface area contributed by atoms with Crippen molar-refractivity contribution in [2.24, 2.45) is 0 Å². The molecule has 0 aliphatic heterocycles. The summed E-state index contributed by atoms with van der Waals surface area (Å²) in [5, 5.41) is 2.73. The van der Waals surface area contributed by atoms with E-state index in [0.29, 0.717) is 10.8 Å². The van der Waals surface area contributed by atoms with Gasteiger partial charge in [-0.1, -0.05) is 17.7 Å². The molecule has 2 rings (SSSR count). The molecule has 3 heteroatoms. The molecule has 0 saturated heterocycles. The van der Waals surface area contributed by atoms with Crippen LogP contribution >= 0.6 is 11.6 Å². The maximum atomic E-state index is 6.03. The molecule has 2 aromatic rings. The van der Waals surface area contributed by atoms with Crippen molar-refractivity contribution in [2.75, 3.05) is 14.2 Å². The van der Waals surface area contributed by atoms with Crippen LogP contribution in [0.2, 0.25) is 5.02 Å². The fraction of sp³-hybridized carbons (Fsp3) is 0.167. The third-order valence-corrected chi connectivity index (χ3v) is 2.61. The van der Waals surface area contributed by atoms with Crippen LogP contribution < -0.4 is 9.47 Å². The molecule has 0 heterocycles. The third-order valence-electron chi connectivity index (χ3n) is 2.32. The van der Waals surface area contributed by atoms with Crippen molar-refractivity contribution in [3.8, 4) is 11.5 Å². The first-order chi connectivity index (χ1) is 7.24. The van der Waals surface area contributed by atoms with E-state index < -0.39 is 0 Å². The molecule has 0 spiro atoms. The zero-order valence-electron chi connectivity index (χ0n) is 8.58. The summed E-state index contributed by atoms with van der Waals surface area (Å²) in [6.07, 6.45) is 0. The third kappa shape index (κ3) is 1.85. The van der Waals surface area contributed by atoms with Gasteiger partial charge >= 0.3 is 0 Å². The van der Waals surface area contributed by atoms with E-state index in [-0.39, 0.29) is 0 Å². The highest BCUT2D eigenvalue weighted by Gasteiger charge is 2.03. The van der Waals surface area contributed by atoms with Crippen molar-refractivity contribution in [3.63, 3.8) is 0 Å². The first-order valence-corrected chi connectivity index (χ1v) is 4.93. The minimum absolute atomic E-state index is 0.609. The van der Waals surface area contributed by atoms with Crippen LogP contribution in [0.25, 0.3) is 10.8 Å². The lowest BCUT2D eigenvalue weighted by Crippen LogP contribution is -1.86. The lowest BCUT2D eigenvalue weighted by atomic mass is 10.1. The monoisotopic (exact) mass is 222 g/mol. The number of methoxy groups -OCH3 is 2. The number of hydrogen-bond donors (Lipinski definition) is 0. The number of benzene rings is 2. The van der Waals surface area contributed by atoms with E-state index in [9.17, 15) is 0 Å². The summed E-state index contributed by atoms with van der Waals surface area (Å²) in [6.45, 7) is 0. The van der Waals surface area contributed by atoms with Crippen molar-refractivity contribution < 1.29 is 9.47 Å². The van der Waals surface area contributed by atoms with Gasteiger partial charge in [-0.15, -0.1) is 0 Å². The average molecular weight is 223 g/mol. The molecule has 0 saturated carbocycles. The molecule has 0 unspecified atom stereocenters. The van der Waals surface area contributed by atoms with Gasteiger partial charge in [-0.25, -0.2) is 0 Å². The number of hydrogen-bond acceptors (Lipinski definition) is 2. The molecule has 0 fully saturated rings. The smallest absolute Gasteiger partial charge is 0.138 e. The van der Waals surface area contributed by atoms with Crippen LogP contribution in [-0.2, 0) is 0 Å². The molecule has 0 N–H and O–H groups in total. The first kappa shape index (κ1) is 10.1. The van der Waals surface area contributed by atoms with Crippen molar-refractivity contribution in [1.82, 2.24) is 0 Å². The van der Waals surface area contributed by atoms with E-state index in [0.717, 1.165) is 16.5 Å². The lowest BCUT2D eigenvalue weighted by Gasteiger charge is -2.06. The number of halogens is 1. The Morgan fingerprint density at radius 2 is 1.73 bits per heavy atom. The van der Waals surface area contributed by atoms with Crippen LogP contribution in [0.5, 0.6) is 11.5 Å².